The highest BCUT2D eigenvalue weighted by Crippen LogP contribution is 1.66. The largest absolute Gasteiger partial charge is 0.375 e. The van der Waals surface area contributed by atoms with Crippen LogP contribution in [0.5, 0.6) is 0 Å². The van der Waals surface area contributed by atoms with Crippen LogP contribution in [0.3, 0.4) is 0 Å². The minimum Gasteiger partial charge on any atom is -0.375 e. The van der Waals surface area contributed by atoms with E-state index >= 15 is 0 Å². The number of hydrogen-bond donors (Lipinski definition) is 1. The first-order chi connectivity index (χ1) is 2.77. The minimum absolute atomic E-state index is 0.817. The Labute approximate surface area is 43.7 Å². The molecule has 0 saturated heterocycles. The lowest BCUT2D eigenvalue weighted by Crippen LogP contribution is -2.11. The molecule has 0 aliphatic rings. The molecule has 0 aromatic rings. The summed E-state index contributed by atoms with van der Waals surface area (Å²) in [7, 11) is 0. The summed E-state index contributed by atoms with van der Waals surface area (Å²) >= 11 is 4.65. The van der Waals surface area contributed by atoms with E-state index in [0.717, 1.165) is 4.99 Å². The topological polar surface area (TPSA) is 12.0 Å². The van der Waals surface area contributed by atoms with Gasteiger partial charge in [-0.15, -0.1) is 0 Å². The van der Waals surface area contributed by atoms with Gasteiger partial charge in [-0.1, -0.05) is 12.2 Å². The normalized spacial score (nSPS) is 7.67. The van der Waals surface area contributed by atoms with Crippen molar-refractivity contribution in [3.05, 3.63) is 6.54 Å². The van der Waals surface area contributed by atoms with Crippen molar-refractivity contribution in [1.82, 2.24) is 5.32 Å². The van der Waals surface area contributed by atoms with Crippen LogP contribution in [-0.2, 0) is 0 Å². The van der Waals surface area contributed by atoms with E-state index in [9.17, 15) is 0 Å². The van der Waals surface area contributed by atoms with Crippen LogP contribution < -0.4 is 5.32 Å². The van der Waals surface area contributed by atoms with Crippen molar-refractivity contribution in [3.63, 3.8) is 0 Å². The third kappa shape index (κ3) is 3.89. The van der Waals surface area contributed by atoms with Crippen molar-refractivity contribution in [2.45, 2.75) is 13.8 Å². The minimum atomic E-state index is 0.817. The van der Waals surface area contributed by atoms with Crippen molar-refractivity contribution in [2.24, 2.45) is 0 Å². The van der Waals surface area contributed by atoms with Gasteiger partial charge in [0.15, 0.2) is 0 Å². The lowest BCUT2D eigenvalue weighted by atomic mass is 10.7. The molecule has 0 atom stereocenters. The van der Waals surface area contributed by atoms with Crippen molar-refractivity contribution >= 4 is 17.2 Å². The van der Waals surface area contributed by atoms with E-state index in [1.54, 1.807) is 0 Å². The first kappa shape index (κ1) is 5.89. The zero-order chi connectivity index (χ0) is 4.99. The Hall–Kier alpha value is -0.110. The average molecular weight is 102 g/mol. The second kappa shape index (κ2) is 3.09. The lowest BCUT2D eigenvalue weighted by Gasteiger charge is -1.91. The third-order valence-electron chi connectivity index (χ3n) is 0.348. The highest BCUT2D eigenvalue weighted by molar-refractivity contribution is 7.80. The van der Waals surface area contributed by atoms with Gasteiger partial charge in [0.2, 0.25) is 0 Å². The van der Waals surface area contributed by atoms with Crippen molar-refractivity contribution in [3.8, 4) is 0 Å². The summed E-state index contributed by atoms with van der Waals surface area (Å²) < 4.78 is 0. The third-order valence-corrected chi connectivity index (χ3v) is 0.465. The molecule has 35 valence electrons. The smallest absolute Gasteiger partial charge is 0.0724 e. The quantitative estimate of drug-likeness (QED) is 0.498. The van der Waals surface area contributed by atoms with Gasteiger partial charge in [0.25, 0.3) is 0 Å². The first-order valence-electron chi connectivity index (χ1n) is 1.82. The summed E-state index contributed by atoms with van der Waals surface area (Å²) in [6.45, 7) is 5.55. The zero-order valence-corrected chi connectivity index (χ0v) is 4.80. The molecule has 1 N–H and O–H groups in total. The maximum Gasteiger partial charge on any atom is 0.0724 e. The molecule has 0 aromatic heterocycles. The molecule has 0 rings (SSSR count). The SMILES string of the molecule is C[CH]NC(C)=S. The van der Waals surface area contributed by atoms with Crippen LogP contribution >= 0.6 is 12.2 Å². The van der Waals surface area contributed by atoms with Crippen LogP contribution in [-0.4, -0.2) is 4.99 Å². The Morgan fingerprint density at radius 3 is 2.33 bits per heavy atom. The monoisotopic (exact) mass is 102 g/mol. The fraction of sp³-hybridized carbons (Fsp3) is 0.500. The highest BCUT2D eigenvalue weighted by atomic mass is 32.1. The molecule has 0 spiro atoms. The average Bonchev–Trinajstić information content (AvgIpc) is 1.35. The predicted octanol–water partition coefficient (Wildman–Crippen LogP) is 1.10. The Morgan fingerprint density at radius 1 is 1.83 bits per heavy atom. The Bertz CT molecular complexity index is 51.5. The molecule has 0 amide bonds. The molecule has 1 radical (unpaired) electrons. The second-order valence-corrected chi connectivity index (χ2v) is 1.60. The van der Waals surface area contributed by atoms with Gasteiger partial charge in [0.1, 0.15) is 0 Å². The fourth-order valence-corrected chi connectivity index (χ4v) is 0.321. The Kier molecular flexibility index (Phi) is 3.04. The van der Waals surface area contributed by atoms with Crippen molar-refractivity contribution in [2.75, 3.05) is 0 Å². The molecule has 0 unspecified atom stereocenters. The molecular weight excluding hydrogens is 94.1 g/mol. The Morgan fingerprint density at radius 2 is 2.33 bits per heavy atom. The highest BCUT2D eigenvalue weighted by Gasteiger charge is 1.74. The van der Waals surface area contributed by atoms with E-state index in [1.807, 2.05) is 20.4 Å². The van der Waals surface area contributed by atoms with Gasteiger partial charge in [0, 0.05) is 6.54 Å². The van der Waals surface area contributed by atoms with Crippen molar-refractivity contribution < 1.29 is 0 Å². The molecule has 0 heterocycles. The maximum absolute atomic E-state index is 4.65. The Balaban J connectivity index is 2.83. The number of rotatable bonds is 1. The van der Waals surface area contributed by atoms with Gasteiger partial charge in [0.05, 0.1) is 4.99 Å². The van der Waals surface area contributed by atoms with Crippen LogP contribution in [0.25, 0.3) is 0 Å². The standard InChI is InChI=1S/C4H8NS/c1-3-5-4(2)6/h3H,1-2H3,(H,5,6). The van der Waals surface area contributed by atoms with Gasteiger partial charge in [-0.2, -0.15) is 0 Å². The van der Waals surface area contributed by atoms with Crippen LogP contribution in [0, 0.1) is 6.54 Å². The van der Waals surface area contributed by atoms with E-state index in [0.29, 0.717) is 0 Å². The molecule has 0 fully saturated rings. The summed E-state index contributed by atoms with van der Waals surface area (Å²) in [5.41, 5.74) is 0. The summed E-state index contributed by atoms with van der Waals surface area (Å²) in [5.74, 6) is 0. The fourth-order valence-electron chi connectivity index (χ4n) is 0.203. The van der Waals surface area contributed by atoms with Crippen LogP contribution in [0.2, 0.25) is 0 Å². The predicted molar refractivity (Wildman–Crippen MR) is 31.4 cm³/mol. The molecule has 0 aromatic carbocycles. The molecule has 0 bridgehead atoms. The molecule has 0 saturated carbocycles. The number of hydrogen-bond acceptors (Lipinski definition) is 1. The van der Waals surface area contributed by atoms with Crippen LogP contribution in [0.1, 0.15) is 13.8 Å². The molecule has 2 heteroatoms. The van der Waals surface area contributed by atoms with Crippen LogP contribution in [0.15, 0.2) is 0 Å². The number of nitrogens with one attached hydrogen (secondary N) is 1. The second-order valence-electron chi connectivity index (χ2n) is 0.989. The van der Waals surface area contributed by atoms with E-state index in [1.165, 1.54) is 0 Å². The number of thiocarbonyl (C=S) groups is 1. The molecule has 0 aliphatic heterocycles. The van der Waals surface area contributed by atoms with Crippen molar-refractivity contribution in [1.29, 1.82) is 0 Å². The van der Waals surface area contributed by atoms with Crippen LogP contribution in [0.4, 0.5) is 0 Å². The van der Waals surface area contributed by atoms with E-state index in [4.69, 9.17) is 0 Å². The molecule has 1 nitrogen and oxygen atoms in total. The lowest BCUT2D eigenvalue weighted by molar-refractivity contribution is 1.13. The van der Waals surface area contributed by atoms with Gasteiger partial charge < -0.3 is 5.32 Å². The van der Waals surface area contributed by atoms with E-state index in [2.05, 4.69) is 17.5 Å². The maximum atomic E-state index is 4.65. The summed E-state index contributed by atoms with van der Waals surface area (Å²) in [6.07, 6.45) is 0. The van der Waals surface area contributed by atoms with E-state index < -0.39 is 0 Å². The molecule has 6 heavy (non-hydrogen) atoms. The summed E-state index contributed by atoms with van der Waals surface area (Å²) in [6, 6.07) is 0. The van der Waals surface area contributed by atoms with Gasteiger partial charge in [-0.3, -0.25) is 0 Å². The zero-order valence-electron chi connectivity index (χ0n) is 3.99. The molecular formula is C4H8NS. The first-order valence-corrected chi connectivity index (χ1v) is 2.23. The van der Waals surface area contributed by atoms with Gasteiger partial charge in [-0.25, -0.2) is 0 Å². The van der Waals surface area contributed by atoms with E-state index in [-0.39, 0.29) is 0 Å². The summed E-state index contributed by atoms with van der Waals surface area (Å²) in [4.78, 5) is 0.817. The van der Waals surface area contributed by atoms with Gasteiger partial charge >= 0.3 is 0 Å². The molecule has 0 aliphatic carbocycles. The van der Waals surface area contributed by atoms with Gasteiger partial charge in [-0.05, 0) is 13.8 Å². The summed E-state index contributed by atoms with van der Waals surface area (Å²) in [5, 5.41) is 2.81.